The van der Waals surface area contributed by atoms with Crippen molar-refractivity contribution in [1.29, 1.82) is 0 Å². The van der Waals surface area contributed by atoms with Crippen LogP contribution in [0.3, 0.4) is 0 Å². The molecule has 0 aliphatic carbocycles. The molecule has 26 heavy (non-hydrogen) atoms. The summed E-state index contributed by atoms with van der Waals surface area (Å²) in [7, 11) is 1.53. The van der Waals surface area contributed by atoms with Crippen LogP contribution in [0.2, 0.25) is 0 Å². The number of carbonyl (C=O) groups is 2. The zero-order chi connectivity index (χ0) is 19.1. The number of hydrogen-bond acceptors (Lipinski definition) is 4. The van der Waals surface area contributed by atoms with Gasteiger partial charge >= 0.3 is 0 Å². The maximum Gasteiger partial charge on any atom is 0.246 e. The number of ether oxygens (including phenoxy) is 1. The van der Waals surface area contributed by atoms with Crippen LogP contribution in [0.5, 0.6) is 5.75 Å². The molecule has 138 valence electrons. The molecule has 0 saturated carbocycles. The first-order chi connectivity index (χ1) is 12.4. The summed E-state index contributed by atoms with van der Waals surface area (Å²) in [6.07, 6.45) is 0.934. The summed E-state index contributed by atoms with van der Waals surface area (Å²) in [5, 5.41) is 8.73. The monoisotopic (exact) mass is 355 g/mol. The number of aryl methyl sites for hydroxylation is 1. The molecule has 0 bridgehead atoms. The lowest BCUT2D eigenvalue weighted by molar-refractivity contribution is -0.116. The van der Waals surface area contributed by atoms with Crippen molar-refractivity contribution in [1.82, 2.24) is 0 Å². The fourth-order valence-electron chi connectivity index (χ4n) is 2.52. The summed E-state index contributed by atoms with van der Waals surface area (Å²) in [5.74, 6) is 0.135. The van der Waals surface area contributed by atoms with E-state index in [0.29, 0.717) is 17.1 Å². The van der Waals surface area contributed by atoms with Crippen molar-refractivity contribution < 1.29 is 14.3 Å². The van der Waals surface area contributed by atoms with E-state index in [1.807, 2.05) is 24.3 Å². The van der Waals surface area contributed by atoms with E-state index >= 15 is 0 Å². The highest BCUT2D eigenvalue weighted by Crippen LogP contribution is 2.28. The largest absolute Gasteiger partial charge is 0.495 e. The van der Waals surface area contributed by atoms with Crippen LogP contribution in [0.4, 0.5) is 17.1 Å². The number of hydrogen-bond donors (Lipinski definition) is 3. The molecule has 0 spiro atoms. The third-order valence-corrected chi connectivity index (χ3v) is 3.89. The topological polar surface area (TPSA) is 79.5 Å². The smallest absolute Gasteiger partial charge is 0.246 e. The molecule has 2 amide bonds. The summed E-state index contributed by atoms with van der Waals surface area (Å²) in [6, 6.07) is 12.6. The number of anilines is 3. The average molecular weight is 355 g/mol. The number of benzene rings is 2. The van der Waals surface area contributed by atoms with E-state index in [-0.39, 0.29) is 11.8 Å². The van der Waals surface area contributed by atoms with E-state index in [0.717, 1.165) is 12.1 Å². The Morgan fingerprint density at radius 2 is 1.85 bits per heavy atom. The maximum atomic E-state index is 12.6. The molecule has 0 fully saturated rings. The molecule has 6 nitrogen and oxygen atoms in total. The average Bonchev–Trinajstić information content (AvgIpc) is 2.61. The fraction of sp³-hybridized carbons (Fsp3) is 0.300. The van der Waals surface area contributed by atoms with Gasteiger partial charge in [-0.3, -0.25) is 9.59 Å². The summed E-state index contributed by atoms with van der Waals surface area (Å²) in [5.41, 5.74) is 3.18. The van der Waals surface area contributed by atoms with Crippen LogP contribution in [-0.2, 0) is 16.0 Å². The Morgan fingerprint density at radius 1 is 1.08 bits per heavy atom. The second-order valence-corrected chi connectivity index (χ2v) is 6.01. The SMILES string of the molecule is CCc1cccc(N[C@@H](C)C(=O)Nc2cc(NC(C)=O)ccc2OC)c1. The highest BCUT2D eigenvalue weighted by Gasteiger charge is 2.15. The minimum atomic E-state index is -0.448. The van der Waals surface area contributed by atoms with Gasteiger partial charge in [0.2, 0.25) is 11.8 Å². The third kappa shape index (κ3) is 5.24. The van der Waals surface area contributed by atoms with Crippen molar-refractivity contribution in [3.05, 3.63) is 48.0 Å². The molecule has 0 saturated heterocycles. The zero-order valence-electron chi connectivity index (χ0n) is 15.6. The van der Waals surface area contributed by atoms with E-state index in [2.05, 4.69) is 22.9 Å². The molecular weight excluding hydrogens is 330 g/mol. The van der Waals surface area contributed by atoms with Crippen molar-refractivity contribution >= 4 is 28.9 Å². The molecule has 2 aromatic carbocycles. The molecule has 3 N–H and O–H groups in total. The standard InChI is InChI=1S/C20H25N3O3/c1-5-15-7-6-8-16(11-15)21-13(2)20(25)23-18-12-17(22-14(3)24)9-10-19(18)26-4/h6-13,21H,5H2,1-4H3,(H,22,24)(H,23,25)/t13-/m0/s1. The molecular formula is C20H25N3O3. The van der Waals surface area contributed by atoms with E-state index in [9.17, 15) is 9.59 Å². The van der Waals surface area contributed by atoms with Crippen LogP contribution >= 0.6 is 0 Å². The zero-order valence-corrected chi connectivity index (χ0v) is 15.6. The number of carbonyl (C=O) groups excluding carboxylic acids is 2. The van der Waals surface area contributed by atoms with Gasteiger partial charge in [0.1, 0.15) is 11.8 Å². The molecule has 0 radical (unpaired) electrons. The lowest BCUT2D eigenvalue weighted by Gasteiger charge is -2.18. The Labute approximate surface area is 153 Å². The molecule has 0 aliphatic rings. The second-order valence-electron chi connectivity index (χ2n) is 6.01. The van der Waals surface area contributed by atoms with Crippen molar-refractivity contribution in [3.63, 3.8) is 0 Å². The van der Waals surface area contributed by atoms with Crippen molar-refractivity contribution in [3.8, 4) is 5.75 Å². The van der Waals surface area contributed by atoms with Crippen LogP contribution < -0.4 is 20.7 Å². The van der Waals surface area contributed by atoms with Gasteiger partial charge in [-0.2, -0.15) is 0 Å². The van der Waals surface area contributed by atoms with E-state index in [1.54, 1.807) is 25.1 Å². The Morgan fingerprint density at radius 3 is 2.50 bits per heavy atom. The van der Waals surface area contributed by atoms with Crippen LogP contribution in [0.1, 0.15) is 26.3 Å². The van der Waals surface area contributed by atoms with Crippen molar-refractivity contribution in [2.75, 3.05) is 23.1 Å². The van der Waals surface area contributed by atoms with Crippen molar-refractivity contribution in [2.24, 2.45) is 0 Å². The maximum absolute atomic E-state index is 12.6. The molecule has 1 atom stereocenters. The highest BCUT2D eigenvalue weighted by atomic mass is 16.5. The minimum Gasteiger partial charge on any atom is -0.495 e. The minimum absolute atomic E-state index is 0.182. The van der Waals surface area contributed by atoms with Gasteiger partial charge in [0.05, 0.1) is 12.8 Å². The molecule has 0 aliphatic heterocycles. The summed E-state index contributed by atoms with van der Waals surface area (Å²) in [6.45, 7) is 5.31. The molecule has 0 unspecified atom stereocenters. The molecule has 2 aromatic rings. The van der Waals surface area contributed by atoms with E-state index in [4.69, 9.17) is 4.74 Å². The second kappa shape index (κ2) is 8.89. The molecule has 0 aromatic heterocycles. The molecule has 2 rings (SSSR count). The predicted molar refractivity (Wildman–Crippen MR) is 105 cm³/mol. The van der Waals surface area contributed by atoms with Crippen LogP contribution in [0.25, 0.3) is 0 Å². The van der Waals surface area contributed by atoms with Crippen LogP contribution in [0.15, 0.2) is 42.5 Å². The van der Waals surface area contributed by atoms with E-state index in [1.165, 1.54) is 19.6 Å². The van der Waals surface area contributed by atoms with Gasteiger partial charge in [0, 0.05) is 18.3 Å². The Hall–Kier alpha value is -3.02. The number of methoxy groups -OCH3 is 1. The van der Waals surface area contributed by atoms with Crippen LogP contribution in [0, 0.1) is 0 Å². The number of amides is 2. The first kappa shape index (κ1) is 19.3. The van der Waals surface area contributed by atoms with Crippen LogP contribution in [-0.4, -0.2) is 25.0 Å². The normalized spacial score (nSPS) is 11.4. The van der Waals surface area contributed by atoms with Gasteiger partial charge in [-0.25, -0.2) is 0 Å². The van der Waals surface area contributed by atoms with Gasteiger partial charge in [0.25, 0.3) is 0 Å². The lowest BCUT2D eigenvalue weighted by Crippen LogP contribution is -2.32. The van der Waals surface area contributed by atoms with Gasteiger partial charge < -0.3 is 20.7 Å². The Kier molecular flexibility index (Phi) is 6.60. The van der Waals surface area contributed by atoms with Gasteiger partial charge in [0.15, 0.2) is 0 Å². The fourth-order valence-corrected chi connectivity index (χ4v) is 2.52. The Balaban J connectivity index is 2.10. The van der Waals surface area contributed by atoms with Crippen molar-refractivity contribution in [2.45, 2.75) is 33.2 Å². The molecule has 0 heterocycles. The van der Waals surface area contributed by atoms with Gasteiger partial charge in [-0.15, -0.1) is 0 Å². The first-order valence-corrected chi connectivity index (χ1v) is 8.55. The highest BCUT2D eigenvalue weighted by molar-refractivity contribution is 5.98. The van der Waals surface area contributed by atoms with E-state index < -0.39 is 6.04 Å². The van der Waals surface area contributed by atoms with Gasteiger partial charge in [-0.1, -0.05) is 19.1 Å². The molecule has 6 heteroatoms. The van der Waals surface area contributed by atoms with Gasteiger partial charge in [-0.05, 0) is 49.2 Å². The summed E-state index contributed by atoms with van der Waals surface area (Å²) >= 11 is 0. The third-order valence-electron chi connectivity index (χ3n) is 3.89. The number of nitrogens with one attached hydrogen (secondary N) is 3. The number of rotatable bonds is 7. The summed E-state index contributed by atoms with van der Waals surface area (Å²) < 4.78 is 5.29. The Bertz CT molecular complexity index is 790. The quantitative estimate of drug-likeness (QED) is 0.708. The lowest BCUT2D eigenvalue weighted by atomic mass is 10.1. The predicted octanol–water partition coefficient (Wildman–Crippen LogP) is 3.66. The first-order valence-electron chi connectivity index (χ1n) is 8.55. The summed E-state index contributed by atoms with van der Waals surface area (Å²) in [4.78, 5) is 23.8.